The average Bonchev–Trinajstić information content (AvgIpc) is 3.30. The summed E-state index contributed by atoms with van der Waals surface area (Å²) in [5.74, 6) is -7.14. The SMILES string of the molecule is CC.CC(C)C(NC(=O)C(C)(F)F)[C@H](Oc1ccc2c(cnn2-c2ccc(=O)n(C)c2)c1)c1cc(F)cc(F)c1. The summed E-state index contributed by atoms with van der Waals surface area (Å²) >= 11 is 0. The maximum Gasteiger partial charge on any atom is 0.321 e. The fourth-order valence-electron chi connectivity index (χ4n) is 4.10. The van der Waals surface area contributed by atoms with Crippen molar-refractivity contribution in [2.45, 2.75) is 52.7 Å². The summed E-state index contributed by atoms with van der Waals surface area (Å²) < 4.78 is 64.9. The molecule has 40 heavy (non-hydrogen) atoms. The lowest BCUT2D eigenvalue weighted by atomic mass is 9.92. The first-order chi connectivity index (χ1) is 18.8. The second-order valence-corrected chi connectivity index (χ2v) is 9.49. The minimum absolute atomic E-state index is 0.0296. The molecule has 1 N–H and O–H groups in total. The summed E-state index contributed by atoms with van der Waals surface area (Å²) in [5, 5.41) is 7.30. The Morgan fingerprint density at radius 3 is 2.25 bits per heavy atom. The van der Waals surface area contributed by atoms with Gasteiger partial charge in [-0.1, -0.05) is 27.7 Å². The van der Waals surface area contributed by atoms with Crippen molar-refractivity contribution in [1.82, 2.24) is 19.7 Å². The summed E-state index contributed by atoms with van der Waals surface area (Å²) in [4.78, 5) is 23.9. The van der Waals surface area contributed by atoms with Crippen molar-refractivity contribution in [2.24, 2.45) is 13.0 Å². The molecular formula is C29H32F4N4O3. The number of nitrogens with zero attached hydrogens (tertiary/aromatic N) is 3. The second-order valence-electron chi connectivity index (χ2n) is 9.49. The lowest BCUT2D eigenvalue weighted by Crippen LogP contribution is -2.49. The van der Waals surface area contributed by atoms with Gasteiger partial charge >= 0.3 is 5.92 Å². The first kappa shape index (κ1) is 30.4. The molecule has 0 aliphatic carbocycles. The molecular weight excluding hydrogens is 528 g/mol. The van der Waals surface area contributed by atoms with Crippen molar-refractivity contribution >= 4 is 16.8 Å². The Morgan fingerprint density at radius 2 is 1.68 bits per heavy atom. The van der Waals surface area contributed by atoms with E-state index in [1.165, 1.54) is 10.6 Å². The molecule has 0 radical (unpaired) electrons. The molecule has 7 nitrogen and oxygen atoms in total. The third kappa shape index (κ3) is 6.88. The minimum atomic E-state index is -3.67. The number of amides is 1. The first-order valence-corrected chi connectivity index (χ1v) is 12.8. The minimum Gasteiger partial charge on any atom is -0.484 e. The van der Waals surface area contributed by atoms with Crippen LogP contribution in [0, 0.1) is 17.6 Å². The van der Waals surface area contributed by atoms with Gasteiger partial charge in [0.2, 0.25) is 5.56 Å². The third-order valence-electron chi connectivity index (χ3n) is 6.07. The number of carbonyl (C=O) groups is 1. The topological polar surface area (TPSA) is 78.2 Å². The molecule has 0 spiro atoms. The standard InChI is InChI=1S/C27H26F4N4O3.C2H6/c1-15(2)24(33-26(37)27(3,30)31)25(16-9-18(28)12-19(29)10-16)38-21-6-7-22-17(11-21)13-32-35(22)20-5-8-23(36)34(4)14-20;1-2/h5-15,24-25H,1-4H3,(H,33,37);1-2H3/t24?,25-;/m1./s1. The maximum absolute atomic E-state index is 14.1. The molecule has 2 aromatic carbocycles. The Morgan fingerprint density at radius 1 is 1.02 bits per heavy atom. The Hall–Kier alpha value is -4.15. The number of ether oxygens (including phenoxy) is 1. The normalized spacial score (nSPS) is 13.0. The highest BCUT2D eigenvalue weighted by atomic mass is 19.3. The molecule has 2 atom stereocenters. The number of hydrogen-bond donors (Lipinski definition) is 1. The van der Waals surface area contributed by atoms with Crippen LogP contribution < -0.4 is 15.6 Å². The van der Waals surface area contributed by atoms with E-state index in [0.29, 0.717) is 29.6 Å². The number of aromatic nitrogens is 3. The third-order valence-corrected chi connectivity index (χ3v) is 6.07. The van der Waals surface area contributed by atoms with E-state index in [-0.39, 0.29) is 16.9 Å². The van der Waals surface area contributed by atoms with Crippen molar-refractivity contribution < 1.29 is 27.1 Å². The largest absolute Gasteiger partial charge is 0.484 e. The summed E-state index contributed by atoms with van der Waals surface area (Å²) in [6.45, 7) is 7.81. The molecule has 1 amide bonds. The van der Waals surface area contributed by atoms with Crippen LogP contribution in [0.1, 0.15) is 46.3 Å². The lowest BCUT2D eigenvalue weighted by molar-refractivity contribution is -0.145. The van der Waals surface area contributed by atoms with Crippen molar-refractivity contribution in [3.05, 3.63) is 88.5 Å². The van der Waals surface area contributed by atoms with Crippen LogP contribution in [0.2, 0.25) is 0 Å². The molecule has 0 saturated carbocycles. The van der Waals surface area contributed by atoms with Crippen LogP contribution in [-0.2, 0) is 11.8 Å². The number of rotatable bonds is 8. The van der Waals surface area contributed by atoms with E-state index in [4.69, 9.17) is 4.74 Å². The molecule has 0 aliphatic heterocycles. The van der Waals surface area contributed by atoms with Gasteiger partial charge in [0.25, 0.3) is 5.91 Å². The predicted octanol–water partition coefficient (Wildman–Crippen LogP) is 5.94. The van der Waals surface area contributed by atoms with Crippen molar-refractivity contribution in [1.29, 1.82) is 0 Å². The molecule has 2 aromatic heterocycles. The van der Waals surface area contributed by atoms with Gasteiger partial charge in [-0.15, -0.1) is 0 Å². The number of carbonyl (C=O) groups excluding carboxylic acids is 1. The van der Waals surface area contributed by atoms with E-state index in [9.17, 15) is 27.2 Å². The molecule has 0 fully saturated rings. The number of fused-ring (bicyclic) bond motifs is 1. The summed E-state index contributed by atoms with van der Waals surface area (Å²) in [6.07, 6.45) is 2.00. The van der Waals surface area contributed by atoms with Crippen molar-refractivity contribution in [2.75, 3.05) is 0 Å². The molecule has 11 heteroatoms. The molecule has 4 rings (SSSR count). The van der Waals surface area contributed by atoms with Crippen molar-refractivity contribution in [3.63, 3.8) is 0 Å². The number of hydrogen-bond acceptors (Lipinski definition) is 4. The number of pyridine rings is 1. The van der Waals surface area contributed by atoms with E-state index in [1.807, 2.05) is 13.8 Å². The molecule has 0 bridgehead atoms. The Labute approximate surface area is 229 Å². The van der Waals surface area contributed by atoms with Gasteiger partial charge in [0.05, 0.1) is 23.4 Å². The number of aryl methyl sites for hydroxylation is 1. The smallest absolute Gasteiger partial charge is 0.321 e. The lowest BCUT2D eigenvalue weighted by Gasteiger charge is -2.32. The van der Waals surface area contributed by atoms with Gasteiger partial charge in [0.1, 0.15) is 23.5 Å². The Kier molecular flexibility index (Phi) is 9.39. The highest BCUT2D eigenvalue weighted by Gasteiger charge is 2.38. The van der Waals surface area contributed by atoms with Gasteiger partial charge in [-0.25, -0.2) is 13.5 Å². The highest BCUT2D eigenvalue weighted by molar-refractivity contribution is 5.83. The van der Waals surface area contributed by atoms with Gasteiger partial charge in [-0.05, 0) is 42.3 Å². The van der Waals surface area contributed by atoms with E-state index in [1.54, 1.807) is 62.2 Å². The summed E-state index contributed by atoms with van der Waals surface area (Å²) in [6, 6.07) is 9.69. The predicted molar refractivity (Wildman–Crippen MR) is 145 cm³/mol. The average molecular weight is 561 g/mol. The van der Waals surface area contributed by atoms with Gasteiger partial charge in [-0.2, -0.15) is 13.9 Å². The van der Waals surface area contributed by atoms with Gasteiger partial charge in [0.15, 0.2) is 0 Å². The first-order valence-electron chi connectivity index (χ1n) is 12.8. The van der Waals surface area contributed by atoms with E-state index in [2.05, 4.69) is 10.4 Å². The van der Waals surface area contributed by atoms with E-state index < -0.39 is 41.5 Å². The van der Waals surface area contributed by atoms with Gasteiger partial charge in [0, 0.05) is 43.3 Å². The zero-order valence-electron chi connectivity index (χ0n) is 23.1. The fourth-order valence-corrected chi connectivity index (χ4v) is 4.10. The van der Waals surface area contributed by atoms with Crippen LogP contribution in [0.3, 0.4) is 0 Å². The summed E-state index contributed by atoms with van der Waals surface area (Å²) in [7, 11) is 1.62. The van der Waals surface area contributed by atoms with Gasteiger partial charge in [-0.3, -0.25) is 9.59 Å². The molecule has 214 valence electrons. The highest BCUT2D eigenvalue weighted by Crippen LogP contribution is 2.32. The second kappa shape index (κ2) is 12.4. The van der Waals surface area contributed by atoms with Crippen LogP contribution in [-0.4, -0.2) is 32.2 Å². The zero-order chi connectivity index (χ0) is 29.8. The number of benzene rings is 2. The quantitative estimate of drug-likeness (QED) is 0.271. The van der Waals surface area contributed by atoms with Crippen molar-refractivity contribution in [3.8, 4) is 11.4 Å². The molecule has 4 aromatic rings. The Balaban J connectivity index is 0.00000216. The van der Waals surface area contributed by atoms with Gasteiger partial charge < -0.3 is 14.6 Å². The Bertz CT molecular complexity index is 1520. The van der Waals surface area contributed by atoms with Crippen LogP contribution in [0.4, 0.5) is 17.6 Å². The summed E-state index contributed by atoms with van der Waals surface area (Å²) in [5.41, 5.74) is 1.19. The number of nitrogens with one attached hydrogen (secondary N) is 1. The van der Waals surface area contributed by atoms with E-state index >= 15 is 0 Å². The number of halogens is 4. The van der Waals surface area contributed by atoms with Crippen LogP contribution in [0.5, 0.6) is 5.75 Å². The van der Waals surface area contributed by atoms with Crippen LogP contribution >= 0.6 is 0 Å². The molecule has 1 unspecified atom stereocenters. The van der Waals surface area contributed by atoms with Crippen LogP contribution in [0.15, 0.2) is 65.7 Å². The van der Waals surface area contributed by atoms with E-state index in [0.717, 1.165) is 12.1 Å². The fraction of sp³-hybridized carbons (Fsp3) is 0.345. The maximum atomic E-state index is 14.1. The molecule has 2 heterocycles. The number of alkyl halides is 2. The zero-order valence-corrected chi connectivity index (χ0v) is 23.1. The molecule has 0 saturated heterocycles. The molecule has 0 aliphatic rings. The monoisotopic (exact) mass is 560 g/mol. The van der Waals surface area contributed by atoms with Crippen LogP contribution in [0.25, 0.3) is 16.6 Å².